The second-order valence-electron chi connectivity index (χ2n) is 3.84. The van der Waals surface area contributed by atoms with Crippen LogP contribution in [0.1, 0.15) is 43.8 Å². The zero-order valence-electron chi connectivity index (χ0n) is 9.37. The lowest BCUT2D eigenvalue weighted by molar-refractivity contribution is 0.446. The van der Waals surface area contributed by atoms with E-state index in [4.69, 9.17) is 0 Å². The number of aromatic nitrogens is 2. The van der Waals surface area contributed by atoms with Crippen molar-refractivity contribution in [1.82, 2.24) is 14.9 Å². The Labute approximate surface area is 90.1 Å². The van der Waals surface area contributed by atoms with Crippen molar-refractivity contribution in [3.63, 3.8) is 0 Å². The number of nitrogens with one attached hydrogen (secondary N) is 1. The molecule has 0 amide bonds. The van der Waals surface area contributed by atoms with Crippen molar-refractivity contribution in [3.8, 4) is 0 Å². The van der Waals surface area contributed by atoms with Crippen LogP contribution >= 0.6 is 11.5 Å². The molecule has 0 bridgehead atoms. The van der Waals surface area contributed by atoms with E-state index in [9.17, 15) is 0 Å². The Bertz CT molecular complexity index is 270. The van der Waals surface area contributed by atoms with Crippen LogP contribution in [-0.2, 0) is 6.42 Å². The Morgan fingerprint density at radius 3 is 2.64 bits per heavy atom. The highest BCUT2D eigenvalue weighted by molar-refractivity contribution is 7.05. The summed E-state index contributed by atoms with van der Waals surface area (Å²) in [6, 6.07) is 0.400. The van der Waals surface area contributed by atoms with Crippen molar-refractivity contribution in [2.24, 2.45) is 5.92 Å². The number of hydrogen-bond donors (Lipinski definition) is 1. The monoisotopic (exact) mass is 213 g/mol. The number of hydrogen-bond acceptors (Lipinski definition) is 4. The van der Waals surface area contributed by atoms with Crippen LogP contribution in [0.2, 0.25) is 0 Å². The van der Waals surface area contributed by atoms with Gasteiger partial charge in [0.15, 0.2) is 0 Å². The van der Waals surface area contributed by atoms with E-state index in [1.807, 2.05) is 7.05 Å². The first-order valence-electron chi connectivity index (χ1n) is 5.19. The minimum atomic E-state index is 0.400. The molecule has 0 fully saturated rings. The number of rotatable bonds is 5. The van der Waals surface area contributed by atoms with Gasteiger partial charge < -0.3 is 5.32 Å². The maximum Gasteiger partial charge on any atom is 0.0803 e. The van der Waals surface area contributed by atoms with Gasteiger partial charge in [-0.3, -0.25) is 0 Å². The van der Waals surface area contributed by atoms with Gasteiger partial charge in [0, 0.05) is 6.04 Å². The molecule has 0 aliphatic rings. The molecule has 14 heavy (non-hydrogen) atoms. The Morgan fingerprint density at radius 1 is 1.43 bits per heavy atom. The van der Waals surface area contributed by atoms with Crippen molar-refractivity contribution in [3.05, 3.63) is 10.6 Å². The molecule has 1 rings (SSSR count). The van der Waals surface area contributed by atoms with Gasteiger partial charge in [0.05, 0.1) is 10.6 Å². The summed E-state index contributed by atoms with van der Waals surface area (Å²) in [6.45, 7) is 6.61. The minimum Gasteiger partial charge on any atom is -0.312 e. The molecule has 80 valence electrons. The molecule has 0 aliphatic heterocycles. The van der Waals surface area contributed by atoms with Crippen molar-refractivity contribution >= 4 is 11.5 Å². The Hall–Kier alpha value is -0.480. The summed E-state index contributed by atoms with van der Waals surface area (Å²) in [5.41, 5.74) is 1.17. The molecule has 1 aromatic heterocycles. The number of aryl methyl sites for hydroxylation is 1. The molecular weight excluding hydrogens is 194 g/mol. The molecule has 1 heterocycles. The second kappa shape index (κ2) is 5.41. The molecule has 0 aliphatic carbocycles. The second-order valence-corrected chi connectivity index (χ2v) is 4.63. The van der Waals surface area contributed by atoms with Gasteiger partial charge in [-0.25, -0.2) is 0 Å². The van der Waals surface area contributed by atoms with E-state index < -0.39 is 0 Å². The standard InChI is InChI=1S/C10H19N3S/c1-5-6-8-10(14-13-12-8)9(11-4)7(2)3/h7,9,11H,5-6H2,1-4H3. The molecule has 0 aromatic carbocycles. The van der Waals surface area contributed by atoms with E-state index in [0.29, 0.717) is 12.0 Å². The first-order valence-corrected chi connectivity index (χ1v) is 5.96. The molecule has 1 atom stereocenters. The molecule has 3 nitrogen and oxygen atoms in total. The zero-order chi connectivity index (χ0) is 10.6. The first-order chi connectivity index (χ1) is 6.70. The Balaban J connectivity index is 2.86. The summed E-state index contributed by atoms with van der Waals surface area (Å²) >= 11 is 1.53. The Kier molecular flexibility index (Phi) is 4.48. The van der Waals surface area contributed by atoms with Crippen LogP contribution in [0.25, 0.3) is 0 Å². The smallest absolute Gasteiger partial charge is 0.0803 e. The summed E-state index contributed by atoms with van der Waals surface area (Å²) in [7, 11) is 2.00. The van der Waals surface area contributed by atoms with E-state index in [2.05, 4.69) is 35.7 Å². The average molecular weight is 213 g/mol. The highest BCUT2D eigenvalue weighted by Gasteiger charge is 2.19. The number of nitrogens with zero attached hydrogens (tertiary/aromatic N) is 2. The average Bonchev–Trinajstić information content (AvgIpc) is 2.55. The SMILES string of the molecule is CCCc1nnsc1C(NC)C(C)C. The third-order valence-corrected chi connectivity index (χ3v) is 3.18. The van der Waals surface area contributed by atoms with Gasteiger partial charge in [-0.05, 0) is 30.9 Å². The normalized spacial score (nSPS) is 13.5. The van der Waals surface area contributed by atoms with E-state index in [-0.39, 0.29) is 0 Å². The molecule has 4 heteroatoms. The zero-order valence-corrected chi connectivity index (χ0v) is 10.2. The maximum absolute atomic E-state index is 4.19. The highest BCUT2D eigenvalue weighted by Crippen LogP contribution is 2.27. The van der Waals surface area contributed by atoms with E-state index in [1.165, 1.54) is 22.1 Å². The lowest BCUT2D eigenvalue weighted by Gasteiger charge is -2.18. The summed E-state index contributed by atoms with van der Waals surface area (Å²) < 4.78 is 4.04. The fourth-order valence-electron chi connectivity index (χ4n) is 1.63. The fourth-order valence-corrected chi connectivity index (χ4v) is 2.61. The van der Waals surface area contributed by atoms with Gasteiger partial charge in [0.2, 0.25) is 0 Å². The lowest BCUT2D eigenvalue weighted by atomic mass is 10.0. The van der Waals surface area contributed by atoms with Gasteiger partial charge >= 0.3 is 0 Å². The van der Waals surface area contributed by atoms with Gasteiger partial charge in [0.1, 0.15) is 0 Å². The maximum atomic E-state index is 4.19. The summed E-state index contributed by atoms with van der Waals surface area (Å²) in [5, 5.41) is 7.52. The van der Waals surface area contributed by atoms with Crippen LogP contribution in [0.4, 0.5) is 0 Å². The third kappa shape index (κ3) is 2.51. The molecule has 0 spiro atoms. The largest absolute Gasteiger partial charge is 0.312 e. The van der Waals surface area contributed by atoms with Gasteiger partial charge in [-0.15, -0.1) is 5.10 Å². The van der Waals surface area contributed by atoms with Crippen LogP contribution in [0.5, 0.6) is 0 Å². The van der Waals surface area contributed by atoms with Crippen LogP contribution in [0.3, 0.4) is 0 Å². The molecule has 1 N–H and O–H groups in total. The molecule has 1 unspecified atom stereocenters. The minimum absolute atomic E-state index is 0.400. The summed E-state index contributed by atoms with van der Waals surface area (Å²) in [5.74, 6) is 0.581. The lowest BCUT2D eigenvalue weighted by Crippen LogP contribution is -2.21. The molecule has 0 saturated carbocycles. The van der Waals surface area contributed by atoms with E-state index in [0.717, 1.165) is 12.8 Å². The molecule has 1 aromatic rings. The van der Waals surface area contributed by atoms with Crippen molar-refractivity contribution in [2.45, 2.75) is 39.7 Å². The predicted molar refractivity (Wildman–Crippen MR) is 60.5 cm³/mol. The summed E-state index contributed by atoms with van der Waals surface area (Å²) in [4.78, 5) is 1.31. The van der Waals surface area contributed by atoms with Crippen LogP contribution in [0.15, 0.2) is 0 Å². The van der Waals surface area contributed by atoms with Crippen LogP contribution in [0, 0.1) is 5.92 Å². The van der Waals surface area contributed by atoms with E-state index in [1.54, 1.807) is 0 Å². The molecular formula is C10H19N3S. The molecule has 0 radical (unpaired) electrons. The molecule has 0 saturated heterocycles. The third-order valence-electron chi connectivity index (χ3n) is 2.33. The van der Waals surface area contributed by atoms with Crippen LogP contribution < -0.4 is 5.32 Å². The first kappa shape index (κ1) is 11.6. The predicted octanol–water partition coefficient (Wildman–Crippen LogP) is 2.41. The van der Waals surface area contributed by atoms with Gasteiger partial charge in [0.25, 0.3) is 0 Å². The van der Waals surface area contributed by atoms with Crippen LogP contribution in [-0.4, -0.2) is 16.6 Å². The highest BCUT2D eigenvalue weighted by atomic mass is 32.1. The van der Waals surface area contributed by atoms with Crippen molar-refractivity contribution < 1.29 is 0 Å². The van der Waals surface area contributed by atoms with Gasteiger partial charge in [-0.2, -0.15) is 0 Å². The van der Waals surface area contributed by atoms with Gasteiger partial charge in [-0.1, -0.05) is 31.7 Å². The summed E-state index contributed by atoms with van der Waals surface area (Å²) in [6.07, 6.45) is 2.17. The van der Waals surface area contributed by atoms with Crippen molar-refractivity contribution in [1.29, 1.82) is 0 Å². The Morgan fingerprint density at radius 2 is 2.14 bits per heavy atom. The van der Waals surface area contributed by atoms with E-state index >= 15 is 0 Å². The quantitative estimate of drug-likeness (QED) is 0.816. The van der Waals surface area contributed by atoms with Crippen molar-refractivity contribution in [2.75, 3.05) is 7.05 Å². The topological polar surface area (TPSA) is 37.8 Å². The fraction of sp³-hybridized carbons (Fsp3) is 0.800.